The fraction of sp³-hybridized carbons (Fsp3) is 0.562. The van der Waals surface area contributed by atoms with Crippen LogP contribution in [0.4, 0.5) is 0 Å². The molecule has 20 heavy (non-hydrogen) atoms. The number of aliphatic carboxylic acids is 1. The quantitative estimate of drug-likeness (QED) is 0.893. The molecule has 1 unspecified atom stereocenters. The SMILES string of the molecule is CCCC(C(=O)O)(c1ccccc1)N1CCN(C)CC1. The van der Waals surface area contributed by atoms with E-state index in [0.29, 0.717) is 6.42 Å². The zero-order valence-electron chi connectivity index (χ0n) is 12.4. The van der Waals surface area contributed by atoms with Gasteiger partial charge in [-0.1, -0.05) is 43.7 Å². The van der Waals surface area contributed by atoms with E-state index in [4.69, 9.17) is 0 Å². The summed E-state index contributed by atoms with van der Waals surface area (Å²) in [6, 6.07) is 9.69. The molecule has 4 heteroatoms. The predicted molar refractivity (Wildman–Crippen MR) is 79.7 cm³/mol. The molecular weight excluding hydrogens is 252 g/mol. The number of hydrogen-bond donors (Lipinski definition) is 1. The Morgan fingerprint density at radius 3 is 2.30 bits per heavy atom. The van der Waals surface area contributed by atoms with Gasteiger partial charge in [0.15, 0.2) is 0 Å². The molecule has 1 aliphatic heterocycles. The number of hydrogen-bond acceptors (Lipinski definition) is 3. The normalized spacial score (nSPS) is 20.5. The summed E-state index contributed by atoms with van der Waals surface area (Å²) in [5, 5.41) is 9.97. The summed E-state index contributed by atoms with van der Waals surface area (Å²) in [6.45, 7) is 5.50. The van der Waals surface area contributed by atoms with Crippen LogP contribution in [0.5, 0.6) is 0 Å². The molecule has 4 nitrogen and oxygen atoms in total. The summed E-state index contributed by atoms with van der Waals surface area (Å²) in [5.74, 6) is -0.727. The van der Waals surface area contributed by atoms with Gasteiger partial charge in [-0.25, -0.2) is 4.79 Å². The third-order valence-electron chi connectivity index (χ3n) is 4.26. The van der Waals surface area contributed by atoms with E-state index < -0.39 is 11.5 Å². The molecule has 0 bridgehead atoms. The monoisotopic (exact) mass is 276 g/mol. The standard InChI is InChI=1S/C16H24N2O2/c1-3-9-16(15(19)20,14-7-5-4-6-8-14)18-12-10-17(2)11-13-18/h4-8H,3,9-13H2,1-2H3,(H,19,20). The van der Waals surface area contributed by atoms with Crippen LogP contribution in [-0.2, 0) is 10.3 Å². The largest absolute Gasteiger partial charge is 0.480 e. The number of rotatable bonds is 5. The first-order valence-corrected chi connectivity index (χ1v) is 7.33. The van der Waals surface area contributed by atoms with Gasteiger partial charge in [0.25, 0.3) is 0 Å². The van der Waals surface area contributed by atoms with Gasteiger partial charge in [-0.2, -0.15) is 0 Å². The van der Waals surface area contributed by atoms with Crippen molar-refractivity contribution in [2.75, 3.05) is 33.2 Å². The zero-order chi connectivity index (χ0) is 14.6. The van der Waals surface area contributed by atoms with E-state index in [9.17, 15) is 9.90 Å². The Kier molecular flexibility index (Phi) is 4.78. The van der Waals surface area contributed by atoms with Gasteiger partial charge in [0, 0.05) is 26.2 Å². The van der Waals surface area contributed by atoms with E-state index in [1.807, 2.05) is 30.3 Å². The van der Waals surface area contributed by atoms with Gasteiger partial charge in [0.1, 0.15) is 5.54 Å². The van der Waals surface area contributed by atoms with Gasteiger partial charge >= 0.3 is 5.97 Å². The first-order valence-electron chi connectivity index (χ1n) is 7.33. The van der Waals surface area contributed by atoms with Crippen LogP contribution in [0.1, 0.15) is 25.3 Å². The molecule has 2 rings (SSSR count). The molecule has 1 aliphatic rings. The maximum absolute atomic E-state index is 12.1. The lowest BCUT2D eigenvalue weighted by Gasteiger charge is -2.45. The second kappa shape index (κ2) is 6.37. The molecule has 1 aromatic carbocycles. The van der Waals surface area contributed by atoms with Crippen LogP contribution in [0.15, 0.2) is 30.3 Å². The van der Waals surface area contributed by atoms with Crippen LogP contribution < -0.4 is 0 Å². The molecule has 0 aromatic heterocycles. The molecule has 0 saturated carbocycles. The smallest absolute Gasteiger partial charge is 0.328 e. The third kappa shape index (κ3) is 2.72. The second-order valence-electron chi connectivity index (χ2n) is 5.57. The van der Waals surface area contributed by atoms with Crippen molar-refractivity contribution in [2.45, 2.75) is 25.3 Å². The molecule has 110 valence electrons. The van der Waals surface area contributed by atoms with Gasteiger partial charge in [0.2, 0.25) is 0 Å². The lowest BCUT2D eigenvalue weighted by Crippen LogP contribution is -2.58. The summed E-state index contributed by atoms with van der Waals surface area (Å²) in [6.07, 6.45) is 1.50. The number of benzene rings is 1. The van der Waals surface area contributed by atoms with Crippen molar-refractivity contribution in [1.82, 2.24) is 9.80 Å². The summed E-state index contributed by atoms with van der Waals surface area (Å²) in [4.78, 5) is 16.5. The number of carboxylic acid groups (broad SMARTS) is 1. The number of carbonyl (C=O) groups is 1. The molecule has 0 spiro atoms. The van der Waals surface area contributed by atoms with Gasteiger partial charge in [0.05, 0.1) is 0 Å². The Morgan fingerprint density at radius 2 is 1.80 bits per heavy atom. The average molecular weight is 276 g/mol. The van der Waals surface area contributed by atoms with Crippen molar-refractivity contribution in [2.24, 2.45) is 0 Å². The Hall–Kier alpha value is -1.39. The van der Waals surface area contributed by atoms with Crippen LogP contribution in [-0.4, -0.2) is 54.1 Å². The molecule has 0 radical (unpaired) electrons. The second-order valence-corrected chi connectivity index (χ2v) is 5.57. The highest BCUT2D eigenvalue weighted by Gasteiger charge is 2.45. The summed E-state index contributed by atoms with van der Waals surface area (Å²) < 4.78 is 0. The van der Waals surface area contributed by atoms with Crippen molar-refractivity contribution in [3.63, 3.8) is 0 Å². The van der Waals surface area contributed by atoms with E-state index in [2.05, 4.69) is 23.8 Å². The molecule has 1 heterocycles. The van der Waals surface area contributed by atoms with Crippen LogP contribution in [0.2, 0.25) is 0 Å². The van der Waals surface area contributed by atoms with E-state index in [0.717, 1.165) is 38.2 Å². The minimum Gasteiger partial charge on any atom is -0.480 e. The van der Waals surface area contributed by atoms with Crippen LogP contribution >= 0.6 is 0 Å². The van der Waals surface area contributed by atoms with E-state index in [1.165, 1.54) is 0 Å². The van der Waals surface area contributed by atoms with Crippen molar-refractivity contribution >= 4 is 5.97 Å². The molecule has 1 N–H and O–H groups in total. The summed E-state index contributed by atoms with van der Waals surface area (Å²) in [5.41, 5.74) is 0.0241. The Labute approximate surface area is 121 Å². The Morgan fingerprint density at radius 1 is 1.20 bits per heavy atom. The van der Waals surface area contributed by atoms with E-state index in [1.54, 1.807) is 0 Å². The number of carboxylic acids is 1. The van der Waals surface area contributed by atoms with Crippen molar-refractivity contribution in [3.05, 3.63) is 35.9 Å². The minimum atomic E-state index is -0.878. The first kappa shape index (κ1) is 15.0. The maximum Gasteiger partial charge on any atom is 0.328 e. The Balaban J connectivity index is 2.40. The van der Waals surface area contributed by atoms with E-state index >= 15 is 0 Å². The van der Waals surface area contributed by atoms with Crippen LogP contribution in [0, 0.1) is 0 Å². The molecule has 0 amide bonds. The van der Waals surface area contributed by atoms with Gasteiger partial charge in [-0.15, -0.1) is 0 Å². The fourth-order valence-corrected chi connectivity index (χ4v) is 3.11. The predicted octanol–water partition coefficient (Wildman–Crippen LogP) is 2.01. The average Bonchev–Trinajstić information content (AvgIpc) is 2.46. The molecular formula is C16H24N2O2. The highest BCUT2D eigenvalue weighted by atomic mass is 16.4. The van der Waals surface area contributed by atoms with Crippen LogP contribution in [0.25, 0.3) is 0 Å². The molecule has 1 aromatic rings. The minimum absolute atomic E-state index is 0.649. The fourth-order valence-electron chi connectivity index (χ4n) is 3.11. The van der Waals surface area contributed by atoms with E-state index in [-0.39, 0.29) is 0 Å². The topological polar surface area (TPSA) is 43.8 Å². The van der Waals surface area contributed by atoms with Crippen molar-refractivity contribution in [1.29, 1.82) is 0 Å². The first-order chi connectivity index (χ1) is 9.61. The lowest BCUT2D eigenvalue weighted by atomic mass is 9.83. The van der Waals surface area contributed by atoms with Crippen molar-refractivity contribution < 1.29 is 9.90 Å². The molecule has 1 fully saturated rings. The number of nitrogens with zero attached hydrogens (tertiary/aromatic N) is 2. The number of likely N-dealkylation sites (N-methyl/N-ethyl adjacent to an activating group) is 1. The molecule has 0 aliphatic carbocycles. The number of piperazine rings is 1. The van der Waals surface area contributed by atoms with Crippen molar-refractivity contribution in [3.8, 4) is 0 Å². The highest BCUT2D eigenvalue weighted by Crippen LogP contribution is 2.34. The van der Waals surface area contributed by atoms with Crippen LogP contribution in [0.3, 0.4) is 0 Å². The van der Waals surface area contributed by atoms with Gasteiger partial charge in [-0.05, 0) is 19.0 Å². The third-order valence-corrected chi connectivity index (χ3v) is 4.26. The zero-order valence-corrected chi connectivity index (χ0v) is 12.4. The highest BCUT2D eigenvalue weighted by molar-refractivity contribution is 5.80. The Bertz CT molecular complexity index is 441. The summed E-state index contributed by atoms with van der Waals surface area (Å²) in [7, 11) is 2.09. The van der Waals surface area contributed by atoms with Gasteiger partial charge < -0.3 is 10.0 Å². The lowest BCUT2D eigenvalue weighted by molar-refractivity contribution is -0.155. The van der Waals surface area contributed by atoms with Gasteiger partial charge in [-0.3, -0.25) is 4.90 Å². The maximum atomic E-state index is 12.1. The summed E-state index contributed by atoms with van der Waals surface area (Å²) >= 11 is 0. The molecule has 1 atom stereocenters. The molecule has 1 saturated heterocycles.